The minimum absolute atomic E-state index is 0.777. The summed E-state index contributed by atoms with van der Waals surface area (Å²) in [5, 5.41) is 0.777. The molecular weight excluding hydrogens is 246 g/mol. The minimum Gasteiger partial charge on any atom is -0.399 e. The summed E-state index contributed by atoms with van der Waals surface area (Å²) < 4.78 is 0. The summed E-state index contributed by atoms with van der Waals surface area (Å²) in [7, 11) is 2.18. The average molecular weight is 268 g/mol. The molecule has 1 heterocycles. The average Bonchev–Trinajstić information content (AvgIpc) is 2.36. The highest BCUT2D eigenvalue weighted by atomic mass is 35.5. The van der Waals surface area contributed by atoms with Crippen molar-refractivity contribution >= 4 is 17.3 Å². The molecule has 1 aliphatic heterocycles. The number of rotatable bonds is 4. The Kier molecular flexibility index (Phi) is 4.87. The lowest BCUT2D eigenvalue weighted by Gasteiger charge is -2.32. The summed E-state index contributed by atoms with van der Waals surface area (Å²) in [5.74, 6) is 0. The molecule has 1 aliphatic rings. The molecule has 0 spiro atoms. The van der Waals surface area contributed by atoms with Crippen LogP contribution in [0.2, 0.25) is 5.02 Å². The molecule has 0 atom stereocenters. The van der Waals surface area contributed by atoms with Crippen LogP contribution in [0, 0.1) is 0 Å². The molecule has 0 unspecified atom stereocenters. The topological polar surface area (TPSA) is 32.5 Å². The van der Waals surface area contributed by atoms with Gasteiger partial charge in [0.25, 0.3) is 0 Å². The van der Waals surface area contributed by atoms with Crippen molar-refractivity contribution in [2.75, 3.05) is 45.5 Å². The Morgan fingerprint density at radius 1 is 1.22 bits per heavy atom. The second kappa shape index (κ2) is 6.41. The van der Waals surface area contributed by atoms with Crippen molar-refractivity contribution in [1.82, 2.24) is 9.80 Å². The van der Waals surface area contributed by atoms with E-state index in [0.717, 1.165) is 30.1 Å². The van der Waals surface area contributed by atoms with Crippen LogP contribution in [0.5, 0.6) is 0 Å². The normalized spacial score (nSPS) is 18.1. The maximum absolute atomic E-state index is 5.99. The van der Waals surface area contributed by atoms with Crippen molar-refractivity contribution in [3.63, 3.8) is 0 Å². The third-order valence-electron chi connectivity index (χ3n) is 3.62. The van der Waals surface area contributed by atoms with Crippen LogP contribution in [0.1, 0.15) is 12.0 Å². The van der Waals surface area contributed by atoms with Gasteiger partial charge in [0.05, 0.1) is 0 Å². The van der Waals surface area contributed by atoms with Gasteiger partial charge in [-0.3, -0.25) is 0 Å². The Labute approximate surface area is 115 Å². The fraction of sp³-hybridized carbons (Fsp3) is 0.571. The molecule has 1 aromatic rings. The molecule has 0 radical (unpaired) electrons. The van der Waals surface area contributed by atoms with E-state index in [4.69, 9.17) is 17.3 Å². The van der Waals surface area contributed by atoms with Gasteiger partial charge in [-0.05, 0) is 50.2 Å². The van der Waals surface area contributed by atoms with Crippen molar-refractivity contribution in [3.05, 3.63) is 28.8 Å². The summed E-state index contributed by atoms with van der Waals surface area (Å²) in [6.45, 7) is 5.88. The molecule has 100 valence electrons. The molecule has 0 bridgehead atoms. The van der Waals surface area contributed by atoms with Gasteiger partial charge >= 0.3 is 0 Å². The first-order chi connectivity index (χ1) is 8.65. The van der Waals surface area contributed by atoms with Gasteiger partial charge < -0.3 is 15.5 Å². The molecule has 0 saturated carbocycles. The number of nitrogen functional groups attached to an aromatic ring is 1. The highest BCUT2D eigenvalue weighted by Gasteiger charge is 2.13. The molecule has 0 amide bonds. The van der Waals surface area contributed by atoms with E-state index in [1.807, 2.05) is 18.2 Å². The molecule has 1 saturated heterocycles. The number of nitrogens with zero attached hydrogens (tertiary/aromatic N) is 2. The van der Waals surface area contributed by atoms with Gasteiger partial charge in [-0.15, -0.1) is 0 Å². The van der Waals surface area contributed by atoms with E-state index in [1.165, 1.54) is 31.7 Å². The third kappa shape index (κ3) is 3.87. The first kappa shape index (κ1) is 13.7. The highest BCUT2D eigenvalue weighted by Crippen LogP contribution is 2.19. The van der Waals surface area contributed by atoms with E-state index in [1.54, 1.807) is 0 Å². The van der Waals surface area contributed by atoms with E-state index in [-0.39, 0.29) is 0 Å². The molecule has 3 nitrogen and oxygen atoms in total. The second-order valence-corrected chi connectivity index (χ2v) is 5.53. The van der Waals surface area contributed by atoms with Crippen molar-refractivity contribution in [3.8, 4) is 0 Å². The number of anilines is 1. The number of piperazine rings is 1. The van der Waals surface area contributed by atoms with Crippen molar-refractivity contribution in [2.45, 2.75) is 12.8 Å². The SMILES string of the molecule is CN1CCN(CCCc2cc(Cl)ccc2N)CC1. The van der Waals surface area contributed by atoms with E-state index < -0.39 is 0 Å². The fourth-order valence-electron chi connectivity index (χ4n) is 2.36. The maximum atomic E-state index is 5.99. The molecule has 2 N–H and O–H groups in total. The van der Waals surface area contributed by atoms with Crippen LogP contribution in [0.25, 0.3) is 0 Å². The van der Waals surface area contributed by atoms with E-state index in [2.05, 4.69) is 16.8 Å². The lowest BCUT2D eigenvalue weighted by atomic mass is 10.1. The van der Waals surface area contributed by atoms with Crippen LogP contribution in [0.15, 0.2) is 18.2 Å². The number of hydrogen-bond acceptors (Lipinski definition) is 3. The summed E-state index contributed by atoms with van der Waals surface area (Å²) >= 11 is 5.99. The first-order valence-electron chi connectivity index (χ1n) is 6.60. The monoisotopic (exact) mass is 267 g/mol. The Balaban J connectivity index is 1.76. The predicted molar refractivity (Wildman–Crippen MR) is 78.1 cm³/mol. The number of halogens is 1. The van der Waals surface area contributed by atoms with E-state index in [0.29, 0.717) is 0 Å². The van der Waals surface area contributed by atoms with Gasteiger partial charge in [0.1, 0.15) is 0 Å². The largest absolute Gasteiger partial charge is 0.399 e. The molecule has 4 heteroatoms. The number of nitrogens with two attached hydrogens (primary N) is 1. The minimum atomic E-state index is 0.777. The van der Waals surface area contributed by atoms with Gasteiger partial charge in [-0.1, -0.05) is 11.6 Å². The van der Waals surface area contributed by atoms with Crippen molar-refractivity contribution in [2.24, 2.45) is 0 Å². The lowest BCUT2D eigenvalue weighted by Crippen LogP contribution is -2.44. The predicted octanol–water partition coefficient (Wildman–Crippen LogP) is 2.10. The maximum Gasteiger partial charge on any atom is 0.0410 e. The Morgan fingerprint density at radius 3 is 2.67 bits per heavy atom. The van der Waals surface area contributed by atoms with Crippen LogP contribution in [-0.4, -0.2) is 49.6 Å². The molecule has 1 fully saturated rings. The number of benzene rings is 1. The van der Waals surface area contributed by atoms with Crippen LogP contribution in [0.4, 0.5) is 5.69 Å². The summed E-state index contributed by atoms with van der Waals surface area (Å²) in [6, 6.07) is 5.73. The van der Waals surface area contributed by atoms with E-state index >= 15 is 0 Å². The summed E-state index contributed by atoms with van der Waals surface area (Å²) in [5.41, 5.74) is 7.98. The Hall–Kier alpha value is -0.770. The quantitative estimate of drug-likeness (QED) is 0.848. The number of aryl methyl sites for hydroxylation is 1. The van der Waals surface area contributed by atoms with Gasteiger partial charge in [0.2, 0.25) is 0 Å². The van der Waals surface area contributed by atoms with Crippen molar-refractivity contribution in [1.29, 1.82) is 0 Å². The standard InChI is InChI=1S/C14H22ClN3/c1-17-7-9-18(10-8-17)6-2-3-12-11-13(15)4-5-14(12)16/h4-5,11H,2-3,6-10,16H2,1H3. The van der Waals surface area contributed by atoms with Gasteiger partial charge in [0, 0.05) is 36.9 Å². The first-order valence-corrected chi connectivity index (χ1v) is 6.98. The third-order valence-corrected chi connectivity index (χ3v) is 3.86. The van der Waals surface area contributed by atoms with Crippen LogP contribution in [-0.2, 0) is 6.42 Å². The van der Waals surface area contributed by atoms with Crippen molar-refractivity contribution < 1.29 is 0 Å². The summed E-state index contributed by atoms with van der Waals surface area (Å²) in [4.78, 5) is 4.91. The van der Waals surface area contributed by atoms with Crippen LogP contribution >= 0.6 is 11.6 Å². The lowest BCUT2D eigenvalue weighted by molar-refractivity contribution is 0.153. The second-order valence-electron chi connectivity index (χ2n) is 5.09. The molecule has 18 heavy (non-hydrogen) atoms. The van der Waals surface area contributed by atoms with Gasteiger partial charge in [-0.2, -0.15) is 0 Å². The highest BCUT2D eigenvalue weighted by molar-refractivity contribution is 6.30. The zero-order valence-corrected chi connectivity index (χ0v) is 11.8. The number of hydrogen-bond donors (Lipinski definition) is 1. The van der Waals surface area contributed by atoms with Gasteiger partial charge in [0.15, 0.2) is 0 Å². The fourth-order valence-corrected chi connectivity index (χ4v) is 2.55. The Morgan fingerprint density at radius 2 is 1.94 bits per heavy atom. The molecule has 0 aliphatic carbocycles. The van der Waals surface area contributed by atoms with E-state index in [9.17, 15) is 0 Å². The molecular formula is C14H22ClN3. The zero-order chi connectivity index (χ0) is 13.0. The van der Waals surface area contributed by atoms with Gasteiger partial charge in [-0.25, -0.2) is 0 Å². The molecule has 0 aromatic heterocycles. The van der Waals surface area contributed by atoms with Crippen LogP contribution in [0.3, 0.4) is 0 Å². The van der Waals surface area contributed by atoms with Crippen LogP contribution < -0.4 is 5.73 Å². The summed E-state index contributed by atoms with van der Waals surface area (Å²) in [6.07, 6.45) is 2.16. The molecule has 1 aromatic carbocycles. The number of likely N-dealkylation sites (N-methyl/N-ethyl adjacent to an activating group) is 1. The zero-order valence-electron chi connectivity index (χ0n) is 11.0. The molecule has 2 rings (SSSR count). The smallest absolute Gasteiger partial charge is 0.0410 e. The Bertz CT molecular complexity index is 387.